The molecule has 0 atom stereocenters. The molecule has 0 fully saturated rings. The summed E-state index contributed by atoms with van der Waals surface area (Å²) in [4.78, 5) is 6.30. The van der Waals surface area contributed by atoms with Crippen molar-refractivity contribution in [3.63, 3.8) is 0 Å². The van der Waals surface area contributed by atoms with Gasteiger partial charge < -0.3 is 10.2 Å². The van der Waals surface area contributed by atoms with Crippen molar-refractivity contribution >= 4 is 16.5 Å². The Labute approximate surface area is 125 Å². The Hall–Kier alpha value is -1.39. The summed E-state index contributed by atoms with van der Waals surface area (Å²) in [6.07, 6.45) is 1.19. The zero-order valence-electron chi connectivity index (χ0n) is 12.4. The summed E-state index contributed by atoms with van der Waals surface area (Å²) in [5.74, 6) is 0. The molecule has 20 heavy (non-hydrogen) atoms. The third-order valence-corrected chi connectivity index (χ3v) is 4.36. The summed E-state index contributed by atoms with van der Waals surface area (Å²) < 4.78 is 0. The number of rotatable bonds is 8. The zero-order valence-corrected chi connectivity index (χ0v) is 13.2. The van der Waals surface area contributed by atoms with Crippen molar-refractivity contribution in [3.8, 4) is 11.3 Å². The van der Waals surface area contributed by atoms with E-state index in [0.717, 1.165) is 17.4 Å². The molecular weight excluding hydrogens is 266 g/mol. The van der Waals surface area contributed by atoms with Gasteiger partial charge in [-0.15, -0.1) is 11.3 Å². The highest BCUT2D eigenvalue weighted by molar-refractivity contribution is 7.14. The van der Waals surface area contributed by atoms with E-state index in [2.05, 4.69) is 53.8 Å². The van der Waals surface area contributed by atoms with Gasteiger partial charge in [-0.25, -0.2) is 4.98 Å². The Morgan fingerprint density at radius 1 is 1.15 bits per heavy atom. The van der Waals surface area contributed by atoms with Gasteiger partial charge in [-0.3, -0.25) is 0 Å². The van der Waals surface area contributed by atoms with E-state index < -0.39 is 0 Å². The van der Waals surface area contributed by atoms with Crippen LogP contribution in [0.25, 0.3) is 11.3 Å². The molecule has 2 rings (SSSR count). The van der Waals surface area contributed by atoms with Gasteiger partial charge in [0.05, 0.1) is 25.3 Å². The average Bonchev–Trinajstić information content (AvgIpc) is 2.97. The number of nitrogens with one attached hydrogen (secondary N) is 2. The van der Waals surface area contributed by atoms with Crippen molar-refractivity contribution in [3.05, 3.63) is 35.7 Å². The molecule has 0 aliphatic carbocycles. The summed E-state index contributed by atoms with van der Waals surface area (Å²) >= 11 is 1.69. The Balaban J connectivity index is 1.79. The van der Waals surface area contributed by atoms with Gasteiger partial charge in [0.25, 0.3) is 0 Å². The fourth-order valence-electron chi connectivity index (χ4n) is 2.23. The topological polar surface area (TPSA) is 29.4 Å². The van der Waals surface area contributed by atoms with E-state index in [1.807, 2.05) is 6.07 Å². The molecule has 0 unspecified atom stereocenters. The maximum Gasteiger partial charge on any atom is 0.183 e. The molecule has 3 nitrogen and oxygen atoms in total. The number of hydrogen-bond acceptors (Lipinski definition) is 3. The van der Waals surface area contributed by atoms with Crippen molar-refractivity contribution in [1.82, 2.24) is 4.98 Å². The maximum absolute atomic E-state index is 4.64. The lowest BCUT2D eigenvalue weighted by Crippen LogP contribution is -3.11. The first kappa shape index (κ1) is 15.0. The molecule has 0 bridgehead atoms. The lowest BCUT2D eigenvalue weighted by molar-refractivity contribution is -0.896. The first-order valence-corrected chi connectivity index (χ1v) is 8.29. The van der Waals surface area contributed by atoms with E-state index in [1.54, 1.807) is 16.2 Å². The van der Waals surface area contributed by atoms with E-state index in [4.69, 9.17) is 0 Å². The minimum Gasteiger partial charge on any atom is -0.361 e. The van der Waals surface area contributed by atoms with Gasteiger partial charge in [-0.05, 0) is 13.8 Å². The second kappa shape index (κ2) is 8.02. The average molecular weight is 290 g/mol. The van der Waals surface area contributed by atoms with Gasteiger partial charge >= 0.3 is 0 Å². The number of quaternary nitrogens is 1. The molecule has 1 aromatic heterocycles. The standard InChI is InChI=1S/C16H23N3S/c1-3-19(4-2)12-8-11-17-16-18-15(13-20-16)14-9-6-5-7-10-14/h5-7,9-10,13H,3-4,8,11-12H2,1-2H3,(H,17,18)/p+1. The number of aromatic nitrogens is 1. The Bertz CT molecular complexity index is 491. The molecule has 108 valence electrons. The molecule has 0 saturated heterocycles. The Morgan fingerprint density at radius 3 is 2.60 bits per heavy atom. The second-order valence-corrected chi connectivity index (χ2v) is 5.75. The number of hydrogen-bond donors (Lipinski definition) is 2. The van der Waals surface area contributed by atoms with Crippen LogP contribution in [0.1, 0.15) is 20.3 Å². The van der Waals surface area contributed by atoms with Crippen LogP contribution in [0, 0.1) is 0 Å². The minimum atomic E-state index is 1.01. The lowest BCUT2D eigenvalue weighted by atomic mass is 10.2. The fourth-order valence-corrected chi connectivity index (χ4v) is 2.98. The van der Waals surface area contributed by atoms with Gasteiger partial charge in [0.1, 0.15) is 0 Å². The molecule has 4 heteroatoms. The third kappa shape index (κ3) is 4.32. The van der Waals surface area contributed by atoms with Crippen molar-refractivity contribution in [2.24, 2.45) is 0 Å². The predicted molar refractivity (Wildman–Crippen MR) is 87.6 cm³/mol. The third-order valence-electron chi connectivity index (χ3n) is 3.56. The largest absolute Gasteiger partial charge is 0.361 e. The van der Waals surface area contributed by atoms with E-state index in [0.29, 0.717) is 0 Å². The quantitative estimate of drug-likeness (QED) is 0.732. The summed E-state index contributed by atoms with van der Waals surface area (Å²) in [5, 5.41) is 6.58. The summed E-state index contributed by atoms with van der Waals surface area (Å²) in [6.45, 7) is 9.17. The van der Waals surface area contributed by atoms with E-state index in [-0.39, 0.29) is 0 Å². The molecule has 1 heterocycles. The second-order valence-electron chi connectivity index (χ2n) is 4.89. The highest BCUT2D eigenvalue weighted by Gasteiger charge is 2.05. The normalized spacial score (nSPS) is 10.9. The lowest BCUT2D eigenvalue weighted by Gasteiger charge is -2.14. The minimum absolute atomic E-state index is 1.01. The molecule has 2 aromatic rings. The maximum atomic E-state index is 4.64. The van der Waals surface area contributed by atoms with Crippen molar-refractivity contribution in [2.45, 2.75) is 20.3 Å². The monoisotopic (exact) mass is 290 g/mol. The van der Waals surface area contributed by atoms with Crippen LogP contribution in [-0.2, 0) is 0 Å². The van der Waals surface area contributed by atoms with E-state index in [1.165, 1.54) is 31.6 Å². The first-order chi connectivity index (χ1) is 9.83. The smallest absolute Gasteiger partial charge is 0.183 e. The molecule has 0 amide bonds. The number of nitrogens with zero attached hydrogens (tertiary/aromatic N) is 1. The summed E-state index contributed by atoms with van der Waals surface area (Å²) in [6, 6.07) is 10.3. The van der Waals surface area contributed by atoms with Crippen LogP contribution < -0.4 is 10.2 Å². The van der Waals surface area contributed by atoms with Crippen LogP contribution >= 0.6 is 11.3 Å². The van der Waals surface area contributed by atoms with Gasteiger partial charge in [-0.2, -0.15) is 0 Å². The van der Waals surface area contributed by atoms with Gasteiger partial charge in [0, 0.05) is 23.9 Å². The molecular formula is C16H24N3S+. The Kier molecular flexibility index (Phi) is 6.02. The van der Waals surface area contributed by atoms with Crippen LogP contribution in [0.4, 0.5) is 5.13 Å². The van der Waals surface area contributed by atoms with Crippen LogP contribution in [-0.4, -0.2) is 31.2 Å². The molecule has 0 spiro atoms. The molecule has 1 aromatic carbocycles. The highest BCUT2D eigenvalue weighted by atomic mass is 32.1. The first-order valence-electron chi connectivity index (χ1n) is 7.41. The number of thiazole rings is 1. The Morgan fingerprint density at radius 2 is 1.90 bits per heavy atom. The summed E-state index contributed by atoms with van der Waals surface area (Å²) in [7, 11) is 0. The van der Waals surface area contributed by atoms with Gasteiger partial charge in [0.15, 0.2) is 5.13 Å². The van der Waals surface area contributed by atoms with Gasteiger partial charge in [0.2, 0.25) is 0 Å². The van der Waals surface area contributed by atoms with Crippen molar-refractivity contribution in [2.75, 3.05) is 31.5 Å². The molecule has 0 aliphatic heterocycles. The highest BCUT2D eigenvalue weighted by Crippen LogP contribution is 2.24. The molecule has 0 saturated carbocycles. The van der Waals surface area contributed by atoms with Crippen molar-refractivity contribution in [1.29, 1.82) is 0 Å². The zero-order chi connectivity index (χ0) is 14.2. The molecule has 0 radical (unpaired) electrons. The van der Waals surface area contributed by atoms with Crippen molar-refractivity contribution < 1.29 is 4.90 Å². The van der Waals surface area contributed by atoms with Gasteiger partial charge in [-0.1, -0.05) is 30.3 Å². The van der Waals surface area contributed by atoms with Crippen LogP contribution in [0.2, 0.25) is 0 Å². The molecule has 2 N–H and O–H groups in total. The SMILES string of the molecule is CC[NH+](CC)CCCNc1nc(-c2ccccc2)cs1. The van der Waals surface area contributed by atoms with Crippen LogP contribution in [0.15, 0.2) is 35.7 Å². The fraction of sp³-hybridized carbons (Fsp3) is 0.438. The van der Waals surface area contributed by atoms with Crippen LogP contribution in [0.5, 0.6) is 0 Å². The van der Waals surface area contributed by atoms with E-state index in [9.17, 15) is 0 Å². The predicted octanol–water partition coefficient (Wildman–Crippen LogP) is 2.54. The summed E-state index contributed by atoms with van der Waals surface area (Å²) in [5.41, 5.74) is 2.25. The number of anilines is 1. The number of benzene rings is 1. The van der Waals surface area contributed by atoms with Crippen LogP contribution in [0.3, 0.4) is 0 Å². The molecule has 0 aliphatic rings. The van der Waals surface area contributed by atoms with E-state index >= 15 is 0 Å².